The van der Waals surface area contributed by atoms with E-state index in [1.807, 2.05) is 6.07 Å². The van der Waals surface area contributed by atoms with Crippen LogP contribution in [0.5, 0.6) is 0 Å². The Morgan fingerprint density at radius 2 is 2.36 bits per heavy atom. The Hall–Kier alpha value is -0.0900. The zero-order valence-corrected chi connectivity index (χ0v) is 7.75. The highest BCUT2D eigenvalue weighted by Gasteiger charge is 1.91. The summed E-state index contributed by atoms with van der Waals surface area (Å²) in [6.07, 6.45) is 2.06. The van der Waals surface area contributed by atoms with Crippen LogP contribution in [0, 0.1) is 0 Å². The van der Waals surface area contributed by atoms with Crippen molar-refractivity contribution in [1.82, 2.24) is 5.48 Å². The van der Waals surface area contributed by atoms with E-state index in [-0.39, 0.29) is 12.4 Å². The summed E-state index contributed by atoms with van der Waals surface area (Å²) < 4.78 is 0. The van der Waals surface area contributed by atoms with Crippen LogP contribution in [0.2, 0.25) is 0 Å². The highest BCUT2D eigenvalue weighted by atomic mass is 35.5. The molecule has 0 saturated heterocycles. The van der Waals surface area contributed by atoms with E-state index in [1.54, 1.807) is 11.3 Å². The average molecular weight is 194 g/mol. The van der Waals surface area contributed by atoms with Crippen molar-refractivity contribution in [3.63, 3.8) is 0 Å². The van der Waals surface area contributed by atoms with Crippen molar-refractivity contribution in [2.24, 2.45) is 0 Å². The second-order valence-electron chi connectivity index (χ2n) is 2.09. The second kappa shape index (κ2) is 6.61. The normalized spacial score (nSPS) is 9.18. The molecule has 1 rings (SSSR count). The van der Waals surface area contributed by atoms with Crippen LogP contribution in [-0.2, 0) is 6.42 Å². The van der Waals surface area contributed by atoms with Gasteiger partial charge in [-0.05, 0) is 24.3 Å². The molecule has 0 atom stereocenters. The van der Waals surface area contributed by atoms with Crippen molar-refractivity contribution in [1.29, 1.82) is 0 Å². The zero-order chi connectivity index (χ0) is 7.23. The minimum absolute atomic E-state index is 0. The standard InChI is InChI=1S/C7H11NOS.ClH/c9-8-5-1-3-7-4-2-6-10-7;/h2,4,6,8-9H,1,3,5H2;1H. The first kappa shape index (κ1) is 10.9. The first-order valence-electron chi connectivity index (χ1n) is 3.33. The van der Waals surface area contributed by atoms with Crippen LogP contribution in [0.4, 0.5) is 0 Å². The molecule has 0 fully saturated rings. The first-order valence-corrected chi connectivity index (χ1v) is 4.21. The van der Waals surface area contributed by atoms with Gasteiger partial charge in [-0.2, -0.15) is 0 Å². The van der Waals surface area contributed by atoms with Crippen molar-refractivity contribution >= 4 is 23.7 Å². The summed E-state index contributed by atoms with van der Waals surface area (Å²) >= 11 is 1.76. The van der Waals surface area contributed by atoms with E-state index in [0.29, 0.717) is 6.54 Å². The van der Waals surface area contributed by atoms with Gasteiger partial charge in [0.1, 0.15) is 0 Å². The predicted molar refractivity (Wildman–Crippen MR) is 49.7 cm³/mol. The number of rotatable bonds is 4. The average Bonchev–Trinajstić information content (AvgIpc) is 2.41. The van der Waals surface area contributed by atoms with Crippen molar-refractivity contribution in [3.05, 3.63) is 22.4 Å². The lowest BCUT2D eigenvalue weighted by Gasteiger charge is -1.94. The monoisotopic (exact) mass is 193 g/mol. The third kappa shape index (κ3) is 4.37. The summed E-state index contributed by atoms with van der Waals surface area (Å²) in [5, 5.41) is 10.3. The molecule has 0 aliphatic carbocycles. The summed E-state index contributed by atoms with van der Waals surface area (Å²) in [5.41, 5.74) is 2.13. The lowest BCUT2D eigenvalue weighted by Crippen LogP contribution is -2.08. The lowest BCUT2D eigenvalue weighted by atomic mass is 10.3. The molecule has 4 heteroatoms. The Labute approximate surface area is 76.6 Å². The first-order chi connectivity index (χ1) is 4.93. The van der Waals surface area contributed by atoms with E-state index in [9.17, 15) is 0 Å². The predicted octanol–water partition coefficient (Wildman–Crippen LogP) is 2.08. The van der Waals surface area contributed by atoms with Crippen molar-refractivity contribution < 1.29 is 5.21 Å². The Kier molecular flexibility index (Phi) is 6.56. The molecule has 11 heavy (non-hydrogen) atoms. The van der Waals surface area contributed by atoms with Crippen LogP contribution in [0.25, 0.3) is 0 Å². The molecule has 0 saturated carbocycles. The van der Waals surface area contributed by atoms with E-state index in [2.05, 4.69) is 16.9 Å². The minimum atomic E-state index is 0. The van der Waals surface area contributed by atoms with Gasteiger partial charge in [-0.1, -0.05) is 6.07 Å². The summed E-state index contributed by atoms with van der Waals surface area (Å²) in [4.78, 5) is 1.38. The van der Waals surface area contributed by atoms with E-state index < -0.39 is 0 Å². The summed E-state index contributed by atoms with van der Waals surface area (Å²) in [5.74, 6) is 0. The molecule has 0 spiro atoms. The van der Waals surface area contributed by atoms with Gasteiger partial charge in [-0.25, -0.2) is 5.48 Å². The molecule has 0 aliphatic rings. The Bertz CT molecular complexity index is 167. The van der Waals surface area contributed by atoms with Gasteiger partial charge < -0.3 is 5.21 Å². The van der Waals surface area contributed by atoms with E-state index in [1.165, 1.54) is 4.88 Å². The van der Waals surface area contributed by atoms with Crippen LogP contribution in [0.1, 0.15) is 11.3 Å². The fraction of sp³-hybridized carbons (Fsp3) is 0.429. The summed E-state index contributed by atoms with van der Waals surface area (Å²) in [6.45, 7) is 0.678. The highest BCUT2D eigenvalue weighted by molar-refractivity contribution is 7.09. The maximum absolute atomic E-state index is 8.25. The van der Waals surface area contributed by atoms with E-state index in [4.69, 9.17) is 5.21 Å². The molecular weight excluding hydrogens is 182 g/mol. The van der Waals surface area contributed by atoms with Crippen LogP contribution in [0.15, 0.2) is 17.5 Å². The van der Waals surface area contributed by atoms with Gasteiger partial charge in [0.25, 0.3) is 0 Å². The van der Waals surface area contributed by atoms with Crippen LogP contribution < -0.4 is 5.48 Å². The number of hydrogen-bond donors (Lipinski definition) is 2. The van der Waals surface area contributed by atoms with Gasteiger partial charge in [0, 0.05) is 11.4 Å². The van der Waals surface area contributed by atoms with Gasteiger partial charge in [0.2, 0.25) is 0 Å². The summed E-state index contributed by atoms with van der Waals surface area (Å²) in [7, 11) is 0. The Balaban J connectivity index is 0.000001000. The topological polar surface area (TPSA) is 32.3 Å². The Morgan fingerprint density at radius 1 is 1.55 bits per heavy atom. The molecule has 1 aromatic rings. The van der Waals surface area contributed by atoms with Crippen LogP contribution >= 0.6 is 23.7 Å². The van der Waals surface area contributed by atoms with Gasteiger partial charge >= 0.3 is 0 Å². The smallest absolute Gasteiger partial charge is 0.0210 e. The van der Waals surface area contributed by atoms with Gasteiger partial charge in [-0.3, -0.25) is 0 Å². The molecule has 0 radical (unpaired) electrons. The molecule has 1 aromatic heterocycles. The third-order valence-electron chi connectivity index (χ3n) is 1.29. The number of hydrogen-bond acceptors (Lipinski definition) is 3. The number of aryl methyl sites for hydroxylation is 1. The molecule has 0 aliphatic heterocycles. The molecule has 0 aromatic carbocycles. The van der Waals surface area contributed by atoms with Crippen molar-refractivity contribution in [2.75, 3.05) is 6.54 Å². The molecular formula is C7H12ClNOS. The fourth-order valence-corrected chi connectivity index (χ4v) is 1.55. The number of thiophene rings is 1. The van der Waals surface area contributed by atoms with Crippen molar-refractivity contribution in [3.8, 4) is 0 Å². The molecule has 0 bridgehead atoms. The van der Waals surface area contributed by atoms with E-state index in [0.717, 1.165) is 12.8 Å². The van der Waals surface area contributed by atoms with Gasteiger partial charge in [0.05, 0.1) is 0 Å². The molecule has 0 amide bonds. The van der Waals surface area contributed by atoms with Crippen molar-refractivity contribution in [2.45, 2.75) is 12.8 Å². The number of hydroxylamine groups is 1. The van der Waals surface area contributed by atoms with Gasteiger partial charge in [-0.15, -0.1) is 23.7 Å². The highest BCUT2D eigenvalue weighted by Crippen LogP contribution is 2.09. The number of halogens is 1. The van der Waals surface area contributed by atoms with E-state index >= 15 is 0 Å². The number of nitrogens with one attached hydrogen (secondary N) is 1. The van der Waals surface area contributed by atoms with Gasteiger partial charge in [0.15, 0.2) is 0 Å². The van der Waals surface area contributed by atoms with Crippen LogP contribution in [-0.4, -0.2) is 11.8 Å². The second-order valence-corrected chi connectivity index (χ2v) is 3.12. The molecule has 1 heterocycles. The minimum Gasteiger partial charge on any atom is -0.317 e. The third-order valence-corrected chi connectivity index (χ3v) is 2.23. The fourth-order valence-electron chi connectivity index (χ4n) is 0.797. The molecule has 0 unspecified atom stereocenters. The van der Waals surface area contributed by atoms with Crippen LogP contribution in [0.3, 0.4) is 0 Å². The maximum Gasteiger partial charge on any atom is 0.0210 e. The zero-order valence-electron chi connectivity index (χ0n) is 6.12. The Morgan fingerprint density at radius 3 is 2.91 bits per heavy atom. The summed E-state index contributed by atoms with van der Waals surface area (Å²) in [6, 6.07) is 4.16. The molecule has 64 valence electrons. The molecule has 2 nitrogen and oxygen atoms in total. The quantitative estimate of drug-likeness (QED) is 0.567. The molecule has 2 N–H and O–H groups in total. The maximum atomic E-state index is 8.25. The SMILES string of the molecule is Cl.ONCCCc1cccs1. The lowest BCUT2D eigenvalue weighted by molar-refractivity contribution is 0.166. The largest absolute Gasteiger partial charge is 0.317 e.